The molecule has 0 atom stereocenters. The van der Waals surface area contributed by atoms with Crippen LogP contribution < -0.4 is 10.9 Å². The minimum absolute atomic E-state index is 0.156. The summed E-state index contributed by atoms with van der Waals surface area (Å²) in [6.07, 6.45) is 1.69. The molecule has 0 radical (unpaired) electrons. The quantitative estimate of drug-likeness (QED) is 0.750. The summed E-state index contributed by atoms with van der Waals surface area (Å²) in [4.78, 5) is 23.4. The highest BCUT2D eigenvalue weighted by molar-refractivity contribution is 7.13. The van der Waals surface area contributed by atoms with E-state index in [9.17, 15) is 4.79 Å². The Kier molecular flexibility index (Phi) is 4.57. The van der Waals surface area contributed by atoms with Crippen molar-refractivity contribution in [3.8, 4) is 10.7 Å². The van der Waals surface area contributed by atoms with Crippen LogP contribution in [0.2, 0.25) is 0 Å². The molecule has 0 aliphatic rings. The number of ether oxygens (including phenoxy) is 1. The summed E-state index contributed by atoms with van der Waals surface area (Å²) in [6.45, 7) is 1.89. The summed E-state index contributed by atoms with van der Waals surface area (Å²) in [5, 5.41) is 3.15. The summed E-state index contributed by atoms with van der Waals surface area (Å²) < 4.78 is 4.93. The summed E-state index contributed by atoms with van der Waals surface area (Å²) >= 11 is 1.44. The van der Waals surface area contributed by atoms with E-state index in [-0.39, 0.29) is 5.56 Å². The van der Waals surface area contributed by atoms with Crippen LogP contribution in [0.15, 0.2) is 22.6 Å². The van der Waals surface area contributed by atoms with Crippen molar-refractivity contribution in [2.24, 2.45) is 0 Å². The van der Waals surface area contributed by atoms with Crippen LogP contribution >= 0.6 is 11.3 Å². The number of thiazole rings is 1. The van der Waals surface area contributed by atoms with Gasteiger partial charge in [-0.15, -0.1) is 11.3 Å². The van der Waals surface area contributed by atoms with E-state index in [0.29, 0.717) is 24.7 Å². The van der Waals surface area contributed by atoms with Gasteiger partial charge in [-0.1, -0.05) is 0 Å². The Bertz CT molecular complexity index is 538. The Hall–Kier alpha value is -1.57. The van der Waals surface area contributed by atoms with E-state index in [4.69, 9.17) is 4.74 Å². The van der Waals surface area contributed by atoms with Crippen molar-refractivity contribution < 1.29 is 4.74 Å². The average molecular weight is 266 g/mol. The number of aromatic amines is 1. The molecule has 0 aromatic carbocycles. The fraction of sp³-hybridized carbons (Fsp3) is 0.364. The van der Waals surface area contributed by atoms with E-state index in [1.807, 2.05) is 0 Å². The number of nitrogens with one attached hydrogen (secondary N) is 2. The van der Waals surface area contributed by atoms with E-state index in [1.54, 1.807) is 18.8 Å². The normalized spacial score (nSPS) is 10.7. The maximum Gasteiger partial charge on any atom is 0.251 e. The van der Waals surface area contributed by atoms with Crippen molar-refractivity contribution in [3.05, 3.63) is 33.8 Å². The molecular formula is C11H14N4O2S. The number of aromatic nitrogens is 3. The third-order valence-electron chi connectivity index (χ3n) is 2.25. The number of hydrogen-bond donors (Lipinski definition) is 2. The Labute approximate surface area is 108 Å². The second-order valence-electron chi connectivity index (χ2n) is 3.62. The van der Waals surface area contributed by atoms with Crippen LogP contribution in [-0.4, -0.2) is 35.2 Å². The fourth-order valence-corrected chi connectivity index (χ4v) is 2.00. The van der Waals surface area contributed by atoms with Gasteiger partial charge in [0.05, 0.1) is 22.7 Å². The van der Waals surface area contributed by atoms with E-state index >= 15 is 0 Å². The summed E-state index contributed by atoms with van der Waals surface area (Å²) in [7, 11) is 1.65. The van der Waals surface area contributed by atoms with Crippen LogP contribution in [0.3, 0.4) is 0 Å². The molecule has 96 valence electrons. The van der Waals surface area contributed by atoms with Crippen molar-refractivity contribution >= 4 is 11.3 Å². The molecule has 0 fully saturated rings. The van der Waals surface area contributed by atoms with Crippen molar-refractivity contribution in [1.29, 1.82) is 0 Å². The molecule has 0 saturated carbocycles. The molecule has 6 nitrogen and oxygen atoms in total. The molecule has 0 unspecified atom stereocenters. The third kappa shape index (κ3) is 3.46. The molecule has 0 spiro atoms. The number of H-pyrrole nitrogens is 1. The van der Waals surface area contributed by atoms with Crippen molar-refractivity contribution in [3.63, 3.8) is 0 Å². The highest BCUT2D eigenvalue weighted by Crippen LogP contribution is 2.17. The summed E-state index contributed by atoms with van der Waals surface area (Å²) in [6, 6.07) is 1.49. The minimum atomic E-state index is -0.156. The van der Waals surface area contributed by atoms with Crippen molar-refractivity contribution in [1.82, 2.24) is 20.3 Å². The topological polar surface area (TPSA) is 79.9 Å². The Morgan fingerprint density at radius 2 is 2.44 bits per heavy atom. The first-order chi connectivity index (χ1) is 8.79. The van der Waals surface area contributed by atoms with Gasteiger partial charge in [0.1, 0.15) is 0 Å². The zero-order valence-electron chi connectivity index (χ0n) is 9.97. The van der Waals surface area contributed by atoms with Gasteiger partial charge in [-0.25, -0.2) is 4.98 Å². The molecule has 0 aliphatic heterocycles. The maximum atomic E-state index is 11.5. The minimum Gasteiger partial charge on any atom is -0.383 e. The number of rotatable bonds is 6. The van der Waals surface area contributed by atoms with Gasteiger partial charge in [0, 0.05) is 32.5 Å². The first-order valence-corrected chi connectivity index (χ1v) is 6.36. The molecule has 0 aliphatic carbocycles. The molecule has 18 heavy (non-hydrogen) atoms. The van der Waals surface area contributed by atoms with Crippen LogP contribution in [0.5, 0.6) is 0 Å². The maximum absolute atomic E-state index is 11.5. The molecule has 2 aromatic rings. The highest BCUT2D eigenvalue weighted by Gasteiger charge is 2.05. The summed E-state index contributed by atoms with van der Waals surface area (Å²) in [5.41, 5.74) is 2.26. The lowest BCUT2D eigenvalue weighted by Gasteiger charge is -2.04. The third-order valence-corrected chi connectivity index (χ3v) is 3.03. The predicted molar refractivity (Wildman–Crippen MR) is 69.5 cm³/mol. The number of nitrogens with zero attached hydrogens (tertiary/aromatic N) is 2. The monoisotopic (exact) mass is 266 g/mol. The zero-order valence-corrected chi connectivity index (χ0v) is 10.8. The molecule has 7 heteroatoms. The van der Waals surface area contributed by atoms with Gasteiger partial charge in [0.25, 0.3) is 5.56 Å². The molecule has 0 amide bonds. The van der Waals surface area contributed by atoms with Gasteiger partial charge in [-0.05, 0) is 0 Å². The van der Waals surface area contributed by atoms with Crippen molar-refractivity contribution in [2.75, 3.05) is 20.3 Å². The summed E-state index contributed by atoms with van der Waals surface area (Å²) in [5.74, 6) is 0.563. The van der Waals surface area contributed by atoms with E-state index < -0.39 is 0 Å². The smallest absolute Gasteiger partial charge is 0.251 e. The fourth-order valence-electron chi connectivity index (χ4n) is 1.44. The van der Waals surface area contributed by atoms with Crippen LogP contribution in [-0.2, 0) is 11.3 Å². The Morgan fingerprint density at radius 3 is 3.17 bits per heavy atom. The number of hydrogen-bond acceptors (Lipinski definition) is 6. The molecule has 2 N–H and O–H groups in total. The molecular weight excluding hydrogens is 252 g/mol. The second-order valence-corrected chi connectivity index (χ2v) is 4.51. The van der Waals surface area contributed by atoms with E-state index in [2.05, 4.69) is 20.3 Å². The highest BCUT2D eigenvalue weighted by atomic mass is 32.1. The molecule has 2 rings (SSSR count). The lowest BCUT2D eigenvalue weighted by Crippen LogP contribution is -2.21. The molecule has 2 heterocycles. The SMILES string of the molecule is COCCNCc1cc(=O)[nH]c(-c2cncs2)n1. The van der Waals surface area contributed by atoms with E-state index in [1.165, 1.54) is 17.4 Å². The van der Waals surface area contributed by atoms with Crippen LogP contribution in [0, 0.1) is 0 Å². The standard InChI is InChI=1S/C11H14N4O2S/c1-17-3-2-12-5-8-4-10(16)15-11(14-8)9-6-13-7-18-9/h4,6-7,12H,2-3,5H2,1H3,(H,14,15,16). The Morgan fingerprint density at radius 1 is 1.56 bits per heavy atom. The van der Waals surface area contributed by atoms with Gasteiger partial charge in [0.15, 0.2) is 5.82 Å². The zero-order chi connectivity index (χ0) is 12.8. The van der Waals surface area contributed by atoms with Crippen molar-refractivity contribution in [2.45, 2.75) is 6.54 Å². The van der Waals surface area contributed by atoms with Gasteiger partial charge in [0.2, 0.25) is 0 Å². The largest absolute Gasteiger partial charge is 0.383 e. The number of methoxy groups -OCH3 is 1. The van der Waals surface area contributed by atoms with Gasteiger partial charge in [-0.3, -0.25) is 9.78 Å². The lowest BCUT2D eigenvalue weighted by molar-refractivity contribution is 0.199. The molecule has 0 saturated heterocycles. The van der Waals surface area contributed by atoms with Gasteiger partial charge in [-0.2, -0.15) is 0 Å². The van der Waals surface area contributed by atoms with Gasteiger partial charge < -0.3 is 15.0 Å². The van der Waals surface area contributed by atoms with Crippen LogP contribution in [0.1, 0.15) is 5.69 Å². The van der Waals surface area contributed by atoms with Crippen LogP contribution in [0.25, 0.3) is 10.7 Å². The molecule has 2 aromatic heterocycles. The average Bonchev–Trinajstić information content (AvgIpc) is 2.88. The molecule has 0 bridgehead atoms. The second kappa shape index (κ2) is 6.39. The van der Waals surface area contributed by atoms with E-state index in [0.717, 1.165) is 11.4 Å². The first-order valence-electron chi connectivity index (χ1n) is 5.48. The van der Waals surface area contributed by atoms with Crippen LogP contribution in [0.4, 0.5) is 0 Å². The lowest BCUT2D eigenvalue weighted by atomic mass is 10.3. The van der Waals surface area contributed by atoms with Gasteiger partial charge >= 0.3 is 0 Å². The Balaban J connectivity index is 2.10. The predicted octanol–water partition coefficient (Wildman–Crippen LogP) is 0.629. The first kappa shape index (κ1) is 12.9.